The zero-order valence-corrected chi connectivity index (χ0v) is 10.9. The van der Waals surface area contributed by atoms with E-state index < -0.39 is 0 Å². The van der Waals surface area contributed by atoms with Crippen LogP contribution in [0.25, 0.3) is 0 Å². The van der Waals surface area contributed by atoms with Gasteiger partial charge in [0.25, 0.3) is 0 Å². The molecule has 2 rings (SSSR count). The lowest BCUT2D eigenvalue weighted by atomic mass is 10.1. The molecule has 1 atom stereocenters. The van der Waals surface area contributed by atoms with Crippen LogP contribution in [0.2, 0.25) is 0 Å². The van der Waals surface area contributed by atoms with Crippen LogP contribution >= 0.6 is 0 Å². The van der Waals surface area contributed by atoms with E-state index in [0.717, 1.165) is 11.3 Å². The molecule has 0 aliphatic rings. The number of nitrogens with two attached hydrogens (primary N) is 1. The summed E-state index contributed by atoms with van der Waals surface area (Å²) >= 11 is 0. The summed E-state index contributed by atoms with van der Waals surface area (Å²) in [6.07, 6.45) is 0. The maximum absolute atomic E-state index is 9.15. The molecule has 1 aromatic carbocycles. The molecular weight excluding hydrogens is 222 g/mol. The average Bonchev–Trinajstić information content (AvgIpc) is 2.60. The molecule has 3 nitrogen and oxygen atoms in total. The number of nitrogen functional groups attached to an aromatic ring is 1. The Hall–Kier alpha value is -2.21. The first kappa shape index (κ1) is 12.3. The van der Waals surface area contributed by atoms with E-state index in [1.165, 1.54) is 5.56 Å². The van der Waals surface area contributed by atoms with E-state index in [-0.39, 0.29) is 6.04 Å². The van der Waals surface area contributed by atoms with Crippen molar-refractivity contribution in [2.24, 2.45) is 0 Å². The molecule has 1 heterocycles. The molecule has 0 unspecified atom stereocenters. The van der Waals surface area contributed by atoms with Crippen LogP contribution in [0.15, 0.2) is 30.3 Å². The van der Waals surface area contributed by atoms with E-state index in [1.807, 2.05) is 36.6 Å². The number of aromatic nitrogens is 1. The molecule has 18 heavy (non-hydrogen) atoms. The molecule has 0 saturated heterocycles. The van der Waals surface area contributed by atoms with E-state index >= 15 is 0 Å². The van der Waals surface area contributed by atoms with Crippen molar-refractivity contribution >= 4 is 5.82 Å². The number of benzene rings is 1. The summed E-state index contributed by atoms with van der Waals surface area (Å²) in [6, 6.07) is 12.5. The second kappa shape index (κ2) is 4.58. The highest BCUT2D eigenvalue weighted by atomic mass is 15.1. The SMILES string of the molecule is Cc1c(C#N)c(N)n([C@H](C)c2ccccc2)c1C. The highest BCUT2D eigenvalue weighted by molar-refractivity contribution is 5.58. The van der Waals surface area contributed by atoms with Crippen LogP contribution in [-0.2, 0) is 0 Å². The number of nitrogens with zero attached hydrogens (tertiary/aromatic N) is 2. The van der Waals surface area contributed by atoms with Crippen LogP contribution in [0, 0.1) is 25.2 Å². The minimum Gasteiger partial charge on any atom is -0.384 e. The minimum absolute atomic E-state index is 0.131. The Bertz CT molecular complexity index is 603. The van der Waals surface area contributed by atoms with E-state index in [0.29, 0.717) is 11.4 Å². The van der Waals surface area contributed by atoms with Gasteiger partial charge in [0.05, 0.1) is 11.6 Å². The third-order valence-corrected chi connectivity index (χ3v) is 3.58. The van der Waals surface area contributed by atoms with E-state index in [2.05, 4.69) is 25.1 Å². The second-order valence-corrected chi connectivity index (χ2v) is 4.54. The smallest absolute Gasteiger partial charge is 0.122 e. The van der Waals surface area contributed by atoms with Crippen molar-refractivity contribution in [2.45, 2.75) is 26.8 Å². The molecule has 0 aliphatic carbocycles. The van der Waals surface area contributed by atoms with Gasteiger partial charge in [0.2, 0.25) is 0 Å². The first-order valence-electron chi connectivity index (χ1n) is 5.99. The summed E-state index contributed by atoms with van der Waals surface area (Å²) in [5, 5.41) is 9.15. The standard InChI is InChI=1S/C15H17N3/c1-10-11(2)18(15(17)14(10)9-16)12(3)13-7-5-4-6-8-13/h4-8,12H,17H2,1-3H3/t12-/m1/s1. The third-order valence-electron chi connectivity index (χ3n) is 3.58. The van der Waals surface area contributed by atoms with Crippen molar-refractivity contribution in [1.29, 1.82) is 5.26 Å². The van der Waals surface area contributed by atoms with Gasteiger partial charge in [0.1, 0.15) is 11.9 Å². The normalized spacial score (nSPS) is 12.1. The van der Waals surface area contributed by atoms with Gasteiger partial charge in [-0.2, -0.15) is 5.26 Å². The van der Waals surface area contributed by atoms with Crippen molar-refractivity contribution in [3.63, 3.8) is 0 Å². The molecule has 0 aliphatic heterocycles. The molecule has 0 saturated carbocycles. The van der Waals surface area contributed by atoms with Crippen LogP contribution in [0.3, 0.4) is 0 Å². The molecule has 2 N–H and O–H groups in total. The highest BCUT2D eigenvalue weighted by Gasteiger charge is 2.19. The predicted octanol–water partition coefficient (Wildman–Crippen LogP) is 3.17. The van der Waals surface area contributed by atoms with E-state index in [4.69, 9.17) is 11.0 Å². The second-order valence-electron chi connectivity index (χ2n) is 4.54. The van der Waals surface area contributed by atoms with Gasteiger partial charge in [0.15, 0.2) is 0 Å². The van der Waals surface area contributed by atoms with Crippen molar-refractivity contribution in [1.82, 2.24) is 4.57 Å². The Kier molecular flexibility index (Phi) is 3.12. The van der Waals surface area contributed by atoms with Gasteiger partial charge in [-0.05, 0) is 31.9 Å². The molecule has 92 valence electrons. The topological polar surface area (TPSA) is 54.7 Å². The van der Waals surface area contributed by atoms with Gasteiger partial charge in [0, 0.05) is 5.69 Å². The van der Waals surface area contributed by atoms with Gasteiger partial charge in [-0.3, -0.25) is 0 Å². The largest absolute Gasteiger partial charge is 0.384 e. The summed E-state index contributed by atoms with van der Waals surface area (Å²) in [7, 11) is 0. The van der Waals surface area contributed by atoms with Crippen LogP contribution in [0.1, 0.15) is 35.3 Å². The van der Waals surface area contributed by atoms with Gasteiger partial charge < -0.3 is 10.3 Å². The summed E-state index contributed by atoms with van der Waals surface area (Å²) < 4.78 is 2.03. The summed E-state index contributed by atoms with van der Waals surface area (Å²) in [6.45, 7) is 6.05. The van der Waals surface area contributed by atoms with Crippen molar-refractivity contribution in [2.75, 3.05) is 5.73 Å². The number of anilines is 1. The van der Waals surface area contributed by atoms with Crippen LogP contribution in [0.5, 0.6) is 0 Å². The zero-order chi connectivity index (χ0) is 13.3. The predicted molar refractivity (Wildman–Crippen MR) is 73.3 cm³/mol. The summed E-state index contributed by atoms with van der Waals surface area (Å²) in [5.74, 6) is 0.559. The molecule has 0 spiro atoms. The zero-order valence-electron chi connectivity index (χ0n) is 10.9. The molecule has 0 amide bonds. The van der Waals surface area contributed by atoms with Crippen molar-refractivity contribution in [3.8, 4) is 6.07 Å². The fourth-order valence-corrected chi connectivity index (χ4v) is 2.38. The maximum Gasteiger partial charge on any atom is 0.122 e. The number of hydrogen-bond acceptors (Lipinski definition) is 2. The molecule has 3 heteroatoms. The van der Waals surface area contributed by atoms with Gasteiger partial charge >= 0.3 is 0 Å². The fraction of sp³-hybridized carbons (Fsp3) is 0.267. The Balaban J connectivity index is 2.57. The Morgan fingerprint density at radius 3 is 2.33 bits per heavy atom. The Labute approximate surface area is 107 Å². The lowest BCUT2D eigenvalue weighted by Crippen LogP contribution is -2.11. The van der Waals surface area contributed by atoms with E-state index in [1.54, 1.807) is 0 Å². The average molecular weight is 239 g/mol. The van der Waals surface area contributed by atoms with Crippen molar-refractivity contribution in [3.05, 3.63) is 52.7 Å². The van der Waals surface area contributed by atoms with Crippen LogP contribution in [0.4, 0.5) is 5.82 Å². The quantitative estimate of drug-likeness (QED) is 0.875. The fourth-order valence-electron chi connectivity index (χ4n) is 2.38. The molecular formula is C15H17N3. The monoisotopic (exact) mass is 239 g/mol. The molecule has 0 bridgehead atoms. The number of nitriles is 1. The van der Waals surface area contributed by atoms with Gasteiger partial charge in [-0.1, -0.05) is 30.3 Å². The highest BCUT2D eigenvalue weighted by Crippen LogP contribution is 2.30. The van der Waals surface area contributed by atoms with Crippen LogP contribution < -0.4 is 5.73 Å². The summed E-state index contributed by atoms with van der Waals surface area (Å²) in [5.41, 5.74) is 9.90. The first-order valence-corrected chi connectivity index (χ1v) is 5.99. The van der Waals surface area contributed by atoms with Crippen LogP contribution in [-0.4, -0.2) is 4.57 Å². The number of hydrogen-bond donors (Lipinski definition) is 1. The Morgan fingerprint density at radius 1 is 1.22 bits per heavy atom. The molecule has 1 aromatic heterocycles. The molecule has 0 radical (unpaired) electrons. The van der Waals surface area contributed by atoms with E-state index in [9.17, 15) is 0 Å². The molecule has 0 fully saturated rings. The lowest BCUT2D eigenvalue weighted by molar-refractivity contribution is 0.633. The maximum atomic E-state index is 9.15. The van der Waals surface area contributed by atoms with Crippen molar-refractivity contribution < 1.29 is 0 Å². The minimum atomic E-state index is 0.131. The van der Waals surface area contributed by atoms with Gasteiger partial charge in [-0.25, -0.2) is 0 Å². The molecule has 2 aromatic rings. The lowest BCUT2D eigenvalue weighted by Gasteiger charge is -2.18. The van der Waals surface area contributed by atoms with Gasteiger partial charge in [-0.15, -0.1) is 0 Å². The third kappa shape index (κ3) is 1.76. The number of rotatable bonds is 2. The first-order chi connectivity index (χ1) is 8.57. The summed E-state index contributed by atoms with van der Waals surface area (Å²) in [4.78, 5) is 0. The Morgan fingerprint density at radius 2 is 1.83 bits per heavy atom.